The number of aldehydes is 2. The molecule has 0 aromatic rings. The van der Waals surface area contributed by atoms with E-state index in [1.807, 2.05) is 13.8 Å². The zero-order valence-electron chi connectivity index (χ0n) is 18.7. The van der Waals surface area contributed by atoms with Crippen molar-refractivity contribution in [3.8, 4) is 0 Å². The molecular formula is C25H46O2. The van der Waals surface area contributed by atoms with Crippen LogP contribution in [0.2, 0.25) is 0 Å². The first-order valence-corrected chi connectivity index (χ1v) is 11.5. The Bertz CT molecular complexity index is 395. The fourth-order valence-electron chi connectivity index (χ4n) is 3.40. The molecule has 2 nitrogen and oxygen atoms in total. The molecule has 0 aliphatic rings. The minimum atomic E-state index is -0.174. The Morgan fingerprint density at radius 1 is 0.778 bits per heavy atom. The summed E-state index contributed by atoms with van der Waals surface area (Å²) in [6, 6.07) is 0. The van der Waals surface area contributed by atoms with Gasteiger partial charge in [0.05, 0.1) is 0 Å². The van der Waals surface area contributed by atoms with Crippen molar-refractivity contribution in [2.45, 2.75) is 124 Å². The summed E-state index contributed by atoms with van der Waals surface area (Å²) in [7, 11) is 0. The van der Waals surface area contributed by atoms with Crippen molar-refractivity contribution in [3.63, 3.8) is 0 Å². The first-order valence-electron chi connectivity index (χ1n) is 11.5. The molecule has 0 amide bonds. The number of rotatable bonds is 19. The zero-order chi connectivity index (χ0) is 20.4. The van der Waals surface area contributed by atoms with Gasteiger partial charge in [0.15, 0.2) is 0 Å². The SMILES string of the molecule is CC(=CCCCCCC(C)C(C)(C)C=O)CCCCCCCCCCC=O. The average Bonchev–Trinajstić information content (AvgIpc) is 2.65. The molecule has 0 aliphatic heterocycles. The Morgan fingerprint density at radius 2 is 1.30 bits per heavy atom. The first kappa shape index (κ1) is 26.1. The highest BCUT2D eigenvalue weighted by Crippen LogP contribution is 2.28. The van der Waals surface area contributed by atoms with Crippen molar-refractivity contribution in [3.05, 3.63) is 11.6 Å². The Morgan fingerprint density at radius 3 is 1.89 bits per heavy atom. The van der Waals surface area contributed by atoms with E-state index in [-0.39, 0.29) is 5.41 Å². The van der Waals surface area contributed by atoms with Gasteiger partial charge >= 0.3 is 0 Å². The smallest absolute Gasteiger partial charge is 0.125 e. The van der Waals surface area contributed by atoms with Crippen molar-refractivity contribution in [1.29, 1.82) is 0 Å². The second kappa shape index (κ2) is 17.2. The highest BCUT2D eigenvalue weighted by Gasteiger charge is 2.24. The molecule has 0 saturated heterocycles. The van der Waals surface area contributed by atoms with Gasteiger partial charge in [-0.15, -0.1) is 0 Å². The van der Waals surface area contributed by atoms with E-state index in [0.29, 0.717) is 5.92 Å². The van der Waals surface area contributed by atoms with Crippen molar-refractivity contribution < 1.29 is 9.59 Å². The maximum atomic E-state index is 11.1. The second-order valence-electron chi connectivity index (χ2n) is 9.06. The van der Waals surface area contributed by atoms with Crippen LogP contribution in [0.15, 0.2) is 11.6 Å². The molecule has 2 heteroatoms. The third kappa shape index (κ3) is 15.8. The molecule has 1 atom stereocenters. The van der Waals surface area contributed by atoms with Gasteiger partial charge in [-0.05, 0) is 51.4 Å². The monoisotopic (exact) mass is 378 g/mol. The van der Waals surface area contributed by atoms with E-state index in [4.69, 9.17) is 0 Å². The molecule has 27 heavy (non-hydrogen) atoms. The molecule has 0 spiro atoms. The third-order valence-corrected chi connectivity index (χ3v) is 6.05. The highest BCUT2D eigenvalue weighted by molar-refractivity contribution is 5.58. The summed E-state index contributed by atoms with van der Waals surface area (Å²) >= 11 is 0. The van der Waals surface area contributed by atoms with Crippen LogP contribution in [-0.4, -0.2) is 12.6 Å². The third-order valence-electron chi connectivity index (χ3n) is 6.05. The fourth-order valence-corrected chi connectivity index (χ4v) is 3.40. The maximum Gasteiger partial charge on any atom is 0.125 e. The summed E-state index contributed by atoms with van der Waals surface area (Å²) in [6.45, 7) is 8.58. The van der Waals surface area contributed by atoms with Crippen LogP contribution in [0.3, 0.4) is 0 Å². The topological polar surface area (TPSA) is 34.1 Å². The Balaban J connectivity index is 3.48. The van der Waals surface area contributed by atoms with Crippen molar-refractivity contribution in [2.24, 2.45) is 11.3 Å². The molecule has 0 fully saturated rings. The minimum absolute atomic E-state index is 0.174. The highest BCUT2D eigenvalue weighted by atomic mass is 16.1. The van der Waals surface area contributed by atoms with Crippen LogP contribution in [0.1, 0.15) is 124 Å². The molecule has 0 aliphatic carbocycles. The molecule has 0 aromatic heterocycles. The average molecular weight is 379 g/mol. The molecule has 158 valence electrons. The van der Waals surface area contributed by atoms with Crippen molar-refractivity contribution in [1.82, 2.24) is 0 Å². The molecule has 1 unspecified atom stereocenters. The zero-order valence-corrected chi connectivity index (χ0v) is 18.7. The number of hydrogen-bond donors (Lipinski definition) is 0. The summed E-state index contributed by atoms with van der Waals surface area (Å²) in [5.74, 6) is 0.476. The van der Waals surface area contributed by atoms with Gasteiger partial charge < -0.3 is 9.59 Å². The van der Waals surface area contributed by atoms with Gasteiger partial charge in [-0.2, -0.15) is 0 Å². The second-order valence-corrected chi connectivity index (χ2v) is 9.06. The molecule has 0 radical (unpaired) electrons. The minimum Gasteiger partial charge on any atom is -0.303 e. The molecular weight excluding hydrogens is 332 g/mol. The van der Waals surface area contributed by atoms with Gasteiger partial charge in [-0.25, -0.2) is 0 Å². The van der Waals surface area contributed by atoms with E-state index in [1.165, 1.54) is 77.0 Å². The summed E-state index contributed by atoms with van der Waals surface area (Å²) in [4.78, 5) is 21.3. The lowest BCUT2D eigenvalue weighted by Gasteiger charge is -2.25. The van der Waals surface area contributed by atoms with Gasteiger partial charge in [-0.3, -0.25) is 0 Å². The van der Waals surface area contributed by atoms with E-state index < -0.39 is 0 Å². The lowest BCUT2D eigenvalue weighted by Crippen LogP contribution is -2.22. The van der Waals surface area contributed by atoms with Gasteiger partial charge in [-0.1, -0.05) is 83.8 Å². The van der Waals surface area contributed by atoms with Gasteiger partial charge in [0.25, 0.3) is 0 Å². The number of unbranched alkanes of at least 4 members (excludes halogenated alkanes) is 11. The maximum absolute atomic E-state index is 11.1. The normalized spacial score (nSPS) is 13.6. The lowest BCUT2D eigenvalue weighted by atomic mass is 9.78. The molecule has 0 bridgehead atoms. The van der Waals surface area contributed by atoms with Gasteiger partial charge in [0.2, 0.25) is 0 Å². The predicted octanol–water partition coefficient (Wildman–Crippen LogP) is 7.84. The number of hydrogen-bond acceptors (Lipinski definition) is 2. The van der Waals surface area contributed by atoms with E-state index in [1.54, 1.807) is 5.57 Å². The largest absolute Gasteiger partial charge is 0.303 e. The van der Waals surface area contributed by atoms with Crippen LogP contribution in [0.4, 0.5) is 0 Å². The first-order chi connectivity index (χ1) is 12.9. The van der Waals surface area contributed by atoms with Gasteiger partial charge in [0, 0.05) is 11.8 Å². The van der Waals surface area contributed by atoms with Crippen molar-refractivity contribution >= 4 is 12.6 Å². The van der Waals surface area contributed by atoms with Crippen LogP contribution in [0.25, 0.3) is 0 Å². The number of allylic oxidation sites excluding steroid dienone is 2. The van der Waals surface area contributed by atoms with E-state index in [0.717, 1.165) is 31.8 Å². The Hall–Kier alpha value is -0.920. The van der Waals surface area contributed by atoms with E-state index in [9.17, 15) is 9.59 Å². The summed E-state index contributed by atoms with van der Waals surface area (Å²) in [5.41, 5.74) is 1.38. The fraction of sp³-hybridized carbons (Fsp3) is 0.840. The van der Waals surface area contributed by atoms with E-state index >= 15 is 0 Å². The summed E-state index contributed by atoms with van der Waals surface area (Å²) < 4.78 is 0. The van der Waals surface area contributed by atoms with Gasteiger partial charge in [0.1, 0.15) is 12.6 Å². The van der Waals surface area contributed by atoms with Crippen LogP contribution in [0.5, 0.6) is 0 Å². The Labute approximate surface area is 169 Å². The van der Waals surface area contributed by atoms with Crippen LogP contribution in [0, 0.1) is 11.3 Å². The molecule has 0 N–H and O–H groups in total. The Kier molecular flexibility index (Phi) is 16.6. The predicted molar refractivity (Wildman–Crippen MR) is 118 cm³/mol. The van der Waals surface area contributed by atoms with Crippen molar-refractivity contribution in [2.75, 3.05) is 0 Å². The molecule has 0 heterocycles. The van der Waals surface area contributed by atoms with Crippen LogP contribution in [-0.2, 0) is 9.59 Å². The summed E-state index contributed by atoms with van der Waals surface area (Å²) in [5, 5.41) is 0. The van der Waals surface area contributed by atoms with E-state index in [2.05, 4.69) is 19.9 Å². The van der Waals surface area contributed by atoms with Crippen LogP contribution < -0.4 is 0 Å². The molecule has 0 aromatic carbocycles. The summed E-state index contributed by atoms with van der Waals surface area (Å²) in [6.07, 6.45) is 23.0. The molecule has 0 saturated carbocycles. The standard InChI is InChI=1S/C25H46O2/c1-23(18-14-10-8-6-5-7-9-13-17-21-26)19-15-11-12-16-20-24(2)25(3,4)22-27/h19,21-22,24H,5-18,20H2,1-4H3. The number of carbonyl (C=O) groups excluding carboxylic acids is 2. The lowest BCUT2D eigenvalue weighted by molar-refractivity contribution is -0.117. The quantitative estimate of drug-likeness (QED) is 0.130. The molecule has 0 rings (SSSR count). The number of carbonyl (C=O) groups is 2. The van der Waals surface area contributed by atoms with Crippen LogP contribution >= 0.6 is 0 Å².